The topological polar surface area (TPSA) is 94.3 Å². The van der Waals surface area contributed by atoms with Gasteiger partial charge in [0.1, 0.15) is 9.84 Å². The SMILES string of the molecule is CS(=O)(=O)CCS(=O)(=O)CCCCCN. The molecule has 0 amide bonds. The molecule has 0 saturated carbocycles. The van der Waals surface area contributed by atoms with Gasteiger partial charge in [-0.3, -0.25) is 0 Å². The van der Waals surface area contributed by atoms with Crippen LogP contribution in [0.1, 0.15) is 19.3 Å². The maximum Gasteiger partial charge on any atom is 0.151 e. The molecule has 2 N–H and O–H groups in total. The van der Waals surface area contributed by atoms with Crippen molar-refractivity contribution in [2.24, 2.45) is 5.73 Å². The van der Waals surface area contributed by atoms with E-state index >= 15 is 0 Å². The van der Waals surface area contributed by atoms with Crippen LogP contribution < -0.4 is 5.73 Å². The highest BCUT2D eigenvalue weighted by Gasteiger charge is 2.13. The molecule has 0 aliphatic heterocycles. The summed E-state index contributed by atoms with van der Waals surface area (Å²) in [5.41, 5.74) is 5.27. The van der Waals surface area contributed by atoms with Gasteiger partial charge >= 0.3 is 0 Å². The van der Waals surface area contributed by atoms with Crippen LogP contribution in [0.5, 0.6) is 0 Å². The molecule has 0 saturated heterocycles. The van der Waals surface area contributed by atoms with Crippen molar-refractivity contribution in [1.82, 2.24) is 0 Å². The minimum absolute atomic E-state index is 0.0581. The molecule has 7 heteroatoms. The second-order valence-electron chi connectivity index (χ2n) is 3.63. The van der Waals surface area contributed by atoms with Crippen LogP contribution >= 0.6 is 0 Å². The Kier molecular flexibility index (Phi) is 6.38. The van der Waals surface area contributed by atoms with Crippen LogP contribution in [-0.2, 0) is 19.7 Å². The van der Waals surface area contributed by atoms with Gasteiger partial charge in [-0.1, -0.05) is 6.42 Å². The van der Waals surface area contributed by atoms with Crippen molar-refractivity contribution in [3.63, 3.8) is 0 Å². The zero-order chi connectivity index (χ0) is 11.9. The Labute approximate surface area is 91.9 Å². The van der Waals surface area contributed by atoms with Crippen molar-refractivity contribution in [1.29, 1.82) is 0 Å². The Morgan fingerprint density at radius 3 is 1.93 bits per heavy atom. The smallest absolute Gasteiger partial charge is 0.151 e. The van der Waals surface area contributed by atoms with Gasteiger partial charge < -0.3 is 5.73 Å². The lowest BCUT2D eigenvalue weighted by Crippen LogP contribution is -2.18. The lowest BCUT2D eigenvalue weighted by molar-refractivity contribution is 0.586. The van der Waals surface area contributed by atoms with Crippen LogP contribution in [-0.4, -0.2) is 46.9 Å². The molecule has 0 aromatic rings. The molecule has 0 aliphatic rings. The lowest BCUT2D eigenvalue weighted by Gasteiger charge is -2.02. The summed E-state index contributed by atoms with van der Waals surface area (Å²) in [5.74, 6) is -0.497. The highest BCUT2D eigenvalue weighted by molar-refractivity contribution is 7.94. The van der Waals surface area contributed by atoms with Gasteiger partial charge in [-0.25, -0.2) is 16.8 Å². The molecule has 0 fully saturated rings. The Hall–Kier alpha value is -0.140. The number of hydrogen-bond donors (Lipinski definition) is 1. The summed E-state index contributed by atoms with van der Waals surface area (Å²) in [6.45, 7) is 0.559. The van der Waals surface area contributed by atoms with Crippen LogP contribution in [0.15, 0.2) is 0 Å². The average Bonchev–Trinajstić information content (AvgIpc) is 2.09. The van der Waals surface area contributed by atoms with Gasteiger partial charge in [-0.05, 0) is 19.4 Å². The zero-order valence-electron chi connectivity index (χ0n) is 8.98. The Balaban J connectivity index is 3.88. The molecule has 0 spiro atoms. The number of unbranched alkanes of at least 4 members (excludes halogenated alkanes) is 2. The summed E-state index contributed by atoms with van der Waals surface area (Å²) >= 11 is 0. The first-order valence-electron chi connectivity index (χ1n) is 4.85. The summed E-state index contributed by atoms with van der Waals surface area (Å²) in [5, 5.41) is 0. The highest BCUT2D eigenvalue weighted by atomic mass is 32.2. The van der Waals surface area contributed by atoms with Gasteiger partial charge in [0.25, 0.3) is 0 Å². The van der Waals surface area contributed by atoms with Gasteiger partial charge in [-0.2, -0.15) is 0 Å². The first-order valence-corrected chi connectivity index (χ1v) is 8.73. The molecule has 0 radical (unpaired) electrons. The zero-order valence-corrected chi connectivity index (χ0v) is 10.6. The van der Waals surface area contributed by atoms with Crippen LogP contribution in [0.4, 0.5) is 0 Å². The molecule has 92 valence electrons. The third-order valence-electron chi connectivity index (χ3n) is 1.92. The predicted molar refractivity (Wildman–Crippen MR) is 61.3 cm³/mol. The average molecular weight is 257 g/mol. The van der Waals surface area contributed by atoms with Crippen molar-refractivity contribution < 1.29 is 16.8 Å². The van der Waals surface area contributed by atoms with E-state index in [1.54, 1.807) is 0 Å². The van der Waals surface area contributed by atoms with Crippen molar-refractivity contribution in [2.75, 3.05) is 30.1 Å². The standard InChI is InChI=1S/C8H19NO4S2/c1-14(10,11)7-8-15(12,13)6-4-2-3-5-9/h2-9H2,1H3. The molecule has 0 aromatic heterocycles. The van der Waals surface area contributed by atoms with E-state index in [1.807, 2.05) is 0 Å². The van der Waals surface area contributed by atoms with Crippen LogP contribution in [0.3, 0.4) is 0 Å². The lowest BCUT2D eigenvalue weighted by atomic mass is 10.2. The van der Waals surface area contributed by atoms with Crippen LogP contribution in [0, 0.1) is 0 Å². The van der Waals surface area contributed by atoms with E-state index in [2.05, 4.69) is 0 Å². The van der Waals surface area contributed by atoms with E-state index in [4.69, 9.17) is 5.73 Å². The first kappa shape index (κ1) is 14.9. The van der Waals surface area contributed by atoms with Gasteiger partial charge in [0.15, 0.2) is 9.84 Å². The van der Waals surface area contributed by atoms with Crippen molar-refractivity contribution >= 4 is 19.7 Å². The molecule has 0 aliphatic carbocycles. The summed E-state index contributed by atoms with van der Waals surface area (Å²) in [4.78, 5) is 0. The van der Waals surface area contributed by atoms with E-state index < -0.39 is 19.7 Å². The van der Waals surface area contributed by atoms with Gasteiger partial charge in [0.2, 0.25) is 0 Å². The molecule has 0 rings (SSSR count). The number of nitrogens with two attached hydrogens (primary N) is 1. The molecule has 5 nitrogen and oxygen atoms in total. The normalized spacial score (nSPS) is 12.9. The fourth-order valence-corrected chi connectivity index (χ4v) is 4.10. The van der Waals surface area contributed by atoms with E-state index in [1.165, 1.54) is 0 Å². The molecule has 0 unspecified atom stereocenters. The monoisotopic (exact) mass is 257 g/mol. The van der Waals surface area contributed by atoms with Gasteiger partial charge in [-0.15, -0.1) is 0 Å². The van der Waals surface area contributed by atoms with Crippen LogP contribution in [0.2, 0.25) is 0 Å². The molecule has 0 atom stereocenters. The van der Waals surface area contributed by atoms with Crippen molar-refractivity contribution in [2.45, 2.75) is 19.3 Å². The molecular formula is C8H19NO4S2. The predicted octanol–water partition coefficient (Wildman–Crippen LogP) is -0.425. The maximum absolute atomic E-state index is 11.3. The first-order chi connectivity index (χ1) is 6.77. The van der Waals surface area contributed by atoms with E-state index in [0.29, 0.717) is 13.0 Å². The minimum atomic E-state index is -3.22. The summed E-state index contributed by atoms with van der Waals surface area (Å²) in [7, 11) is -6.41. The molecule has 0 aromatic carbocycles. The molecule has 0 bridgehead atoms. The van der Waals surface area contributed by atoms with Gasteiger partial charge in [0.05, 0.1) is 17.3 Å². The van der Waals surface area contributed by atoms with Gasteiger partial charge in [0, 0.05) is 6.26 Å². The summed E-state index contributed by atoms with van der Waals surface area (Å²) in [6, 6.07) is 0. The van der Waals surface area contributed by atoms with E-state index in [9.17, 15) is 16.8 Å². The fourth-order valence-electron chi connectivity index (χ4n) is 1.02. The van der Waals surface area contributed by atoms with Crippen molar-refractivity contribution in [3.8, 4) is 0 Å². The second kappa shape index (κ2) is 6.44. The number of hydrogen-bond acceptors (Lipinski definition) is 5. The van der Waals surface area contributed by atoms with E-state index in [-0.39, 0.29) is 17.3 Å². The molecule has 15 heavy (non-hydrogen) atoms. The maximum atomic E-state index is 11.3. The fraction of sp³-hybridized carbons (Fsp3) is 1.00. The number of sulfone groups is 2. The molecule has 0 heterocycles. The Bertz CT molecular complexity index is 358. The minimum Gasteiger partial charge on any atom is -0.330 e. The summed E-state index contributed by atoms with van der Waals surface area (Å²) in [6.07, 6.45) is 3.18. The van der Waals surface area contributed by atoms with Crippen molar-refractivity contribution in [3.05, 3.63) is 0 Å². The van der Waals surface area contributed by atoms with E-state index in [0.717, 1.165) is 19.1 Å². The highest BCUT2D eigenvalue weighted by Crippen LogP contribution is 2.01. The number of rotatable bonds is 8. The Morgan fingerprint density at radius 1 is 0.867 bits per heavy atom. The van der Waals surface area contributed by atoms with Crippen LogP contribution in [0.25, 0.3) is 0 Å². The summed E-state index contributed by atoms with van der Waals surface area (Å²) < 4.78 is 44.2. The third-order valence-corrected chi connectivity index (χ3v) is 4.87. The third kappa shape index (κ3) is 10.1. The molecular weight excluding hydrogens is 238 g/mol. The quantitative estimate of drug-likeness (QED) is 0.596. The second-order valence-corrected chi connectivity index (χ2v) is 8.19. The Morgan fingerprint density at radius 2 is 1.47 bits per heavy atom. The largest absolute Gasteiger partial charge is 0.330 e.